The Morgan fingerprint density at radius 2 is 2.05 bits per heavy atom. The molecule has 0 aliphatic heterocycles. The number of carboxylic acid groups (broad SMARTS) is 1. The number of aromatic nitrogens is 2. The molecule has 2 rings (SSSR count). The van der Waals surface area contributed by atoms with E-state index in [1.165, 1.54) is 5.69 Å². The molecule has 4 nitrogen and oxygen atoms in total. The van der Waals surface area contributed by atoms with Crippen molar-refractivity contribution in [1.82, 2.24) is 9.78 Å². The molecule has 1 heterocycles. The summed E-state index contributed by atoms with van der Waals surface area (Å²) in [5.41, 5.74) is 2.58. The zero-order chi connectivity index (χ0) is 13.8. The Morgan fingerprint density at radius 1 is 1.37 bits per heavy atom. The number of aryl methyl sites for hydroxylation is 2. The predicted molar refractivity (Wildman–Crippen MR) is 75.5 cm³/mol. The van der Waals surface area contributed by atoms with Crippen molar-refractivity contribution >= 4 is 17.7 Å². The average Bonchev–Trinajstić information content (AvgIpc) is 2.77. The Hall–Kier alpha value is -1.75. The Kier molecular flexibility index (Phi) is 4.27. The van der Waals surface area contributed by atoms with Crippen molar-refractivity contribution in [3.63, 3.8) is 0 Å². The summed E-state index contributed by atoms with van der Waals surface area (Å²) < 4.78 is 1.90. The Bertz CT molecular complexity index is 576. The highest BCUT2D eigenvalue weighted by molar-refractivity contribution is 7.98. The summed E-state index contributed by atoms with van der Waals surface area (Å²) in [5.74, 6) is -0.0635. The third-order valence-corrected chi connectivity index (χ3v) is 3.92. The van der Waals surface area contributed by atoms with Gasteiger partial charge in [-0.3, -0.25) is 4.68 Å². The summed E-state index contributed by atoms with van der Waals surface area (Å²) in [4.78, 5) is 11.8. The van der Waals surface area contributed by atoms with Gasteiger partial charge in [-0.25, -0.2) is 4.79 Å². The van der Waals surface area contributed by atoms with Crippen molar-refractivity contribution in [2.75, 3.05) is 0 Å². The van der Waals surface area contributed by atoms with Gasteiger partial charge in [-0.15, -0.1) is 11.8 Å². The van der Waals surface area contributed by atoms with Crippen molar-refractivity contribution in [2.24, 2.45) is 7.05 Å². The van der Waals surface area contributed by atoms with Crippen LogP contribution in [0.3, 0.4) is 0 Å². The van der Waals surface area contributed by atoms with E-state index in [9.17, 15) is 4.79 Å². The lowest BCUT2D eigenvalue weighted by Crippen LogP contribution is -1.97. The van der Waals surface area contributed by atoms with E-state index < -0.39 is 5.97 Å². The molecule has 0 unspecified atom stereocenters. The molecular weight excluding hydrogens is 260 g/mol. The first-order valence-corrected chi connectivity index (χ1v) is 7.06. The first kappa shape index (κ1) is 13.7. The number of rotatable bonds is 5. The first-order valence-electron chi connectivity index (χ1n) is 6.08. The van der Waals surface area contributed by atoms with Crippen LogP contribution in [-0.2, 0) is 19.2 Å². The van der Waals surface area contributed by atoms with Crippen LogP contribution in [0.5, 0.6) is 0 Å². The van der Waals surface area contributed by atoms with Gasteiger partial charge in [-0.05, 0) is 36.8 Å². The maximum Gasteiger partial charge on any atom is 0.335 e. The molecule has 2 aromatic rings. The summed E-state index contributed by atoms with van der Waals surface area (Å²) in [6.45, 7) is 2.09. The highest BCUT2D eigenvalue weighted by atomic mass is 32.2. The van der Waals surface area contributed by atoms with Crippen molar-refractivity contribution < 1.29 is 9.90 Å². The normalized spacial score (nSPS) is 10.6. The summed E-state index contributed by atoms with van der Waals surface area (Å²) in [7, 11) is 1.95. The molecule has 5 heteroatoms. The third-order valence-electron chi connectivity index (χ3n) is 2.88. The van der Waals surface area contributed by atoms with E-state index in [0.717, 1.165) is 22.8 Å². The largest absolute Gasteiger partial charge is 0.478 e. The molecule has 1 aromatic heterocycles. The highest BCUT2D eigenvalue weighted by Crippen LogP contribution is 2.23. The molecule has 100 valence electrons. The van der Waals surface area contributed by atoms with Gasteiger partial charge in [0.25, 0.3) is 0 Å². The van der Waals surface area contributed by atoms with E-state index in [1.54, 1.807) is 23.9 Å². The lowest BCUT2D eigenvalue weighted by Gasteiger charge is -2.02. The van der Waals surface area contributed by atoms with Crippen LogP contribution in [0.2, 0.25) is 0 Å². The quantitative estimate of drug-likeness (QED) is 0.853. The smallest absolute Gasteiger partial charge is 0.335 e. The van der Waals surface area contributed by atoms with E-state index in [1.807, 2.05) is 23.9 Å². The average molecular weight is 276 g/mol. The van der Waals surface area contributed by atoms with Gasteiger partial charge in [0.2, 0.25) is 0 Å². The second-order valence-corrected chi connectivity index (χ2v) is 5.27. The van der Waals surface area contributed by atoms with Gasteiger partial charge in [0.1, 0.15) is 0 Å². The van der Waals surface area contributed by atoms with Crippen molar-refractivity contribution in [3.8, 4) is 0 Å². The molecule has 0 bridgehead atoms. The number of hydrogen-bond acceptors (Lipinski definition) is 3. The van der Waals surface area contributed by atoms with Gasteiger partial charge in [-0.2, -0.15) is 5.10 Å². The fourth-order valence-corrected chi connectivity index (χ4v) is 2.64. The van der Waals surface area contributed by atoms with Crippen molar-refractivity contribution in [2.45, 2.75) is 24.0 Å². The summed E-state index contributed by atoms with van der Waals surface area (Å²) in [6, 6.07) is 9.05. The van der Waals surface area contributed by atoms with Crippen LogP contribution in [0.4, 0.5) is 0 Å². The number of carboxylic acids is 1. The zero-order valence-corrected chi connectivity index (χ0v) is 11.8. The maximum atomic E-state index is 10.8. The molecule has 0 atom stereocenters. The predicted octanol–water partition coefficient (Wildman–Crippen LogP) is 2.97. The van der Waals surface area contributed by atoms with Crippen LogP contribution in [0.15, 0.2) is 35.2 Å². The minimum absolute atomic E-state index is 0.318. The van der Waals surface area contributed by atoms with Gasteiger partial charge in [-0.1, -0.05) is 6.92 Å². The molecule has 0 saturated carbocycles. The molecule has 0 amide bonds. The SMILES string of the molecule is CCc1cc(CSc2ccc(C(=O)O)cc2)n(C)n1. The van der Waals surface area contributed by atoms with E-state index in [0.29, 0.717) is 5.56 Å². The summed E-state index contributed by atoms with van der Waals surface area (Å²) >= 11 is 1.68. The third kappa shape index (κ3) is 3.38. The molecular formula is C14H16N2O2S. The van der Waals surface area contributed by atoms with E-state index in [2.05, 4.69) is 18.1 Å². The van der Waals surface area contributed by atoms with E-state index in [4.69, 9.17) is 5.11 Å². The number of carbonyl (C=O) groups is 1. The molecule has 0 saturated heterocycles. The van der Waals surface area contributed by atoms with Crippen LogP contribution < -0.4 is 0 Å². The standard InChI is InChI=1S/C14H16N2O2S/c1-3-11-8-12(16(2)15-11)9-19-13-6-4-10(5-7-13)14(17)18/h4-8H,3,9H2,1-2H3,(H,17,18). The number of benzene rings is 1. The van der Waals surface area contributed by atoms with Crippen molar-refractivity contribution in [1.29, 1.82) is 0 Å². The number of nitrogens with zero attached hydrogens (tertiary/aromatic N) is 2. The first-order chi connectivity index (χ1) is 9.10. The maximum absolute atomic E-state index is 10.8. The van der Waals surface area contributed by atoms with Gasteiger partial charge in [0.15, 0.2) is 0 Å². The van der Waals surface area contributed by atoms with Gasteiger partial charge in [0, 0.05) is 23.4 Å². The van der Waals surface area contributed by atoms with E-state index in [-0.39, 0.29) is 0 Å². The topological polar surface area (TPSA) is 55.1 Å². The molecule has 0 radical (unpaired) electrons. The Labute approximate surface area is 116 Å². The number of aromatic carboxylic acids is 1. The molecule has 1 aromatic carbocycles. The molecule has 19 heavy (non-hydrogen) atoms. The molecule has 0 aliphatic carbocycles. The monoisotopic (exact) mass is 276 g/mol. The van der Waals surface area contributed by atoms with Crippen LogP contribution in [0, 0.1) is 0 Å². The minimum Gasteiger partial charge on any atom is -0.478 e. The van der Waals surface area contributed by atoms with Crippen LogP contribution >= 0.6 is 11.8 Å². The van der Waals surface area contributed by atoms with Gasteiger partial charge < -0.3 is 5.11 Å². The van der Waals surface area contributed by atoms with Crippen molar-refractivity contribution in [3.05, 3.63) is 47.3 Å². The van der Waals surface area contributed by atoms with E-state index >= 15 is 0 Å². The van der Waals surface area contributed by atoms with Gasteiger partial charge in [0.05, 0.1) is 11.3 Å². The van der Waals surface area contributed by atoms with Crippen LogP contribution in [0.25, 0.3) is 0 Å². The second-order valence-electron chi connectivity index (χ2n) is 4.22. The Morgan fingerprint density at radius 3 is 2.58 bits per heavy atom. The fourth-order valence-electron chi connectivity index (χ4n) is 1.73. The molecule has 0 spiro atoms. The highest BCUT2D eigenvalue weighted by Gasteiger charge is 2.06. The molecule has 0 fully saturated rings. The minimum atomic E-state index is -0.893. The summed E-state index contributed by atoms with van der Waals surface area (Å²) in [5, 5.41) is 13.2. The number of thioether (sulfide) groups is 1. The molecule has 1 N–H and O–H groups in total. The van der Waals surface area contributed by atoms with Crippen LogP contribution in [0.1, 0.15) is 28.7 Å². The Balaban J connectivity index is 2.01. The van der Waals surface area contributed by atoms with Gasteiger partial charge >= 0.3 is 5.97 Å². The number of hydrogen-bond donors (Lipinski definition) is 1. The second kappa shape index (κ2) is 5.93. The zero-order valence-electron chi connectivity index (χ0n) is 11.0. The van der Waals surface area contributed by atoms with Crippen LogP contribution in [-0.4, -0.2) is 20.9 Å². The lowest BCUT2D eigenvalue weighted by atomic mass is 10.2. The lowest BCUT2D eigenvalue weighted by molar-refractivity contribution is 0.0697. The molecule has 0 aliphatic rings. The summed E-state index contributed by atoms with van der Waals surface area (Å²) in [6.07, 6.45) is 0.936. The fraction of sp³-hybridized carbons (Fsp3) is 0.286.